The third kappa shape index (κ3) is 2.44. The molecule has 0 spiro atoms. The van der Waals surface area contributed by atoms with Crippen molar-refractivity contribution in [3.8, 4) is 0 Å². The Hall–Kier alpha value is -0.650. The van der Waals surface area contributed by atoms with Crippen molar-refractivity contribution in [2.24, 2.45) is 0 Å². The van der Waals surface area contributed by atoms with E-state index in [2.05, 4.69) is 4.74 Å². The molecule has 1 aliphatic heterocycles. The number of carbonyl (C=O) groups is 1. The van der Waals surface area contributed by atoms with Crippen LogP contribution in [0.2, 0.25) is 0 Å². The number of likely N-dealkylation sites (N-methyl/N-ethyl adjacent to an activating group) is 1. The zero-order chi connectivity index (χ0) is 9.19. The fourth-order valence-corrected chi connectivity index (χ4v) is 1.11. The monoisotopic (exact) mass is 175 g/mol. The van der Waals surface area contributed by atoms with Crippen LogP contribution in [-0.2, 0) is 14.3 Å². The summed E-state index contributed by atoms with van der Waals surface area (Å²) >= 11 is 0. The molecule has 0 saturated carbocycles. The van der Waals surface area contributed by atoms with Crippen molar-refractivity contribution in [2.45, 2.75) is 12.9 Å². The fourth-order valence-electron chi connectivity index (χ4n) is 1.11. The largest absolute Gasteiger partial charge is 0.407 e. The Morgan fingerprint density at radius 2 is 2.42 bits per heavy atom. The summed E-state index contributed by atoms with van der Waals surface area (Å²) in [5.74, 6) is -2.30. The number of nitrogens with zero attached hydrogens (tertiary/aromatic N) is 1. The van der Waals surface area contributed by atoms with E-state index in [4.69, 9.17) is 4.74 Å². The first kappa shape index (κ1) is 9.44. The Morgan fingerprint density at radius 1 is 1.75 bits per heavy atom. The highest BCUT2D eigenvalue weighted by Gasteiger charge is 2.36. The van der Waals surface area contributed by atoms with Gasteiger partial charge in [-0.3, -0.25) is 9.69 Å². The molecule has 1 rings (SSSR count). The summed E-state index contributed by atoms with van der Waals surface area (Å²) in [6.07, 6.45) is 0. The number of ether oxygens (including phenoxy) is 2. The highest BCUT2D eigenvalue weighted by molar-refractivity contribution is 5.66. The van der Waals surface area contributed by atoms with Crippen LogP contribution in [0, 0.1) is 0 Å². The molecule has 0 aromatic carbocycles. The molecule has 1 N–H and O–H groups in total. The van der Waals surface area contributed by atoms with Gasteiger partial charge in [-0.1, -0.05) is 0 Å². The number of rotatable bonds is 1. The van der Waals surface area contributed by atoms with Crippen molar-refractivity contribution < 1.29 is 19.4 Å². The van der Waals surface area contributed by atoms with Crippen molar-refractivity contribution in [3.63, 3.8) is 0 Å². The van der Waals surface area contributed by atoms with Crippen molar-refractivity contribution in [2.75, 3.05) is 26.7 Å². The van der Waals surface area contributed by atoms with Crippen LogP contribution in [0.25, 0.3) is 0 Å². The summed E-state index contributed by atoms with van der Waals surface area (Å²) in [6, 6.07) is 0. The highest BCUT2D eigenvalue weighted by Crippen LogP contribution is 2.15. The topological polar surface area (TPSA) is 59.0 Å². The standard InChI is InChI=1S/C7H13NO4/c1-6(9)12-7(10)5-8(2)3-4-11-7/h10H,3-5H2,1-2H3. The molecule has 0 aromatic heterocycles. The third-order valence-electron chi connectivity index (χ3n) is 1.57. The van der Waals surface area contributed by atoms with Gasteiger partial charge in [0.1, 0.15) is 0 Å². The van der Waals surface area contributed by atoms with Crippen molar-refractivity contribution in [3.05, 3.63) is 0 Å². The van der Waals surface area contributed by atoms with Gasteiger partial charge in [-0.2, -0.15) is 0 Å². The first-order chi connectivity index (χ1) is 5.52. The summed E-state index contributed by atoms with van der Waals surface area (Å²) in [7, 11) is 1.82. The number of β-amino-alcohol motifs (C(OH)–C–C–N with tert-alkyl or cyclic N) is 1. The molecule has 5 nitrogen and oxygen atoms in total. The van der Waals surface area contributed by atoms with Gasteiger partial charge in [-0.05, 0) is 7.05 Å². The maximum absolute atomic E-state index is 10.5. The molecule has 0 aliphatic carbocycles. The number of morpholine rings is 1. The molecule has 0 aromatic rings. The molecule has 1 atom stereocenters. The first-order valence-corrected chi connectivity index (χ1v) is 3.76. The van der Waals surface area contributed by atoms with E-state index in [1.807, 2.05) is 11.9 Å². The summed E-state index contributed by atoms with van der Waals surface area (Å²) in [5, 5.41) is 9.51. The van der Waals surface area contributed by atoms with E-state index < -0.39 is 11.9 Å². The number of carbonyl (C=O) groups excluding carboxylic acids is 1. The Morgan fingerprint density at radius 3 is 2.92 bits per heavy atom. The zero-order valence-corrected chi connectivity index (χ0v) is 7.24. The molecular formula is C7H13NO4. The van der Waals surface area contributed by atoms with Gasteiger partial charge in [-0.15, -0.1) is 0 Å². The van der Waals surface area contributed by atoms with E-state index >= 15 is 0 Å². The lowest BCUT2D eigenvalue weighted by Gasteiger charge is -2.35. The van der Waals surface area contributed by atoms with E-state index in [1.54, 1.807) is 0 Å². The Bertz CT molecular complexity index is 184. The lowest BCUT2D eigenvalue weighted by molar-refractivity contribution is -0.359. The van der Waals surface area contributed by atoms with Gasteiger partial charge >= 0.3 is 11.9 Å². The predicted molar refractivity (Wildman–Crippen MR) is 40.2 cm³/mol. The highest BCUT2D eigenvalue weighted by atomic mass is 16.8. The molecule has 5 heteroatoms. The average Bonchev–Trinajstić information content (AvgIpc) is 1.82. The zero-order valence-electron chi connectivity index (χ0n) is 7.24. The molecule has 1 unspecified atom stereocenters. The van der Waals surface area contributed by atoms with Crippen molar-refractivity contribution in [1.82, 2.24) is 4.90 Å². The Labute approximate surface area is 70.9 Å². The van der Waals surface area contributed by atoms with Crippen LogP contribution in [0.5, 0.6) is 0 Å². The van der Waals surface area contributed by atoms with E-state index in [1.165, 1.54) is 6.92 Å². The molecule has 70 valence electrons. The van der Waals surface area contributed by atoms with Gasteiger partial charge in [0.05, 0.1) is 13.2 Å². The van der Waals surface area contributed by atoms with Crippen LogP contribution < -0.4 is 0 Å². The lowest BCUT2D eigenvalue weighted by atomic mass is 10.4. The van der Waals surface area contributed by atoms with Crippen LogP contribution in [0.15, 0.2) is 0 Å². The maximum atomic E-state index is 10.5. The van der Waals surface area contributed by atoms with Crippen molar-refractivity contribution >= 4 is 5.97 Å². The molecular weight excluding hydrogens is 162 g/mol. The molecule has 1 heterocycles. The second-order valence-corrected chi connectivity index (χ2v) is 2.89. The van der Waals surface area contributed by atoms with E-state index in [0.29, 0.717) is 6.61 Å². The van der Waals surface area contributed by atoms with Gasteiger partial charge in [-0.25, -0.2) is 0 Å². The van der Waals surface area contributed by atoms with Crippen LogP contribution >= 0.6 is 0 Å². The maximum Gasteiger partial charge on any atom is 0.340 e. The molecule has 0 radical (unpaired) electrons. The fraction of sp³-hybridized carbons (Fsp3) is 0.857. The Balaban J connectivity index is 2.51. The van der Waals surface area contributed by atoms with Crippen LogP contribution in [0.4, 0.5) is 0 Å². The summed E-state index contributed by atoms with van der Waals surface area (Å²) < 4.78 is 9.52. The average molecular weight is 175 g/mol. The predicted octanol–water partition coefficient (Wildman–Crippen LogP) is -0.842. The third-order valence-corrected chi connectivity index (χ3v) is 1.57. The summed E-state index contributed by atoms with van der Waals surface area (Å²) in [5.41, 5.74) is 0. The van der Waals surface area contributed by atoms with E-state index in [-0.39, 0.29) is 6.54 Å². The minimum absolute atomic E-state index is 0.187. The normalized spacial score (nSPS) is 31.6. The molecule has 12 heavy (non-hydrogen) atoms. The van der Waals surface area contributed by atoms with Crippen LogP contribution in [0.3, 0.4) is 0 Å². The summed E-state index contributed by atoms with van der Waals surface area (Å²) in [6.45, 7) is 2.51. The van der Waals surface area contributed by atoms with Gasteiger partial charge in [0.15, 0.2) is 0 Å². The van der Waals surface area contributed by atoms with E-state index in [0.717, 1.165) is 6.54 Å². The Kier molecular flexibility index (Phi) is 2.66. The van der Waals surface area contributed by atoms with Crippen LogP contribution in [-0.4, -0.2) is 48.7 Å². The van der Waals surface area contributed by atoms with E-state index in [9.17, 15) is 9.90 Å². The molecule has 1 fully saturated rings. The summed E-state index contributed by atoms with van der Waals surface area (Å²) in [4.78, 5) is 12.4. The number of aliphatic hydroxyl groups is 1. The van der Waals surface area contributed by atoms with Crippen molar-refractivity contribution in [1.29, 1.82) is 0 Å². The van der Waals surface area contributed by atoms with Crippen LogP contribution in [0.1, 0.15) is 6.92 Å². The molecule has 0 amide bonds. The molecule has 0 bridgehead atoms. The van der Waals surface area contributed by atoms with Gasteiger partial charge in [0.25, 0.3) is 0 Å². The minimum atomic E-state index is -1.75. The second-order valence-electron chi connectivity index (χ2n) is 2.89. The first-order valence-electron chi connectivity index (χ1n) is 3.76. The number of hydrogen-bond acceptors (Lipinski definition) is 5. The second kappa shape index (κ2) is 3.38. The van der Waals surface area contributed by atoms with Gasteiger partial charge in [0, 0.05) is 13.5 Å². The molecule has 1 aliphatic rings. The number of hydrogen-bond donors (Lipinski definition) is 1. The number of esters is 1. The van der Waals surface area contributed by atoms with Gasteiger partial charge < -0.3 is 14.6 Å². The quantitative estimate of drug-likeness (QED) is 0.416. The van der Waals surface area contributed by atoms with Gasteiger partial charge in [0.2, 0.25) is 0 Å². The lowest BCUT2D eigenvalue weighted by Crippen LogP contribution is -2.52. The minimum Gasteiger partial charge on any atom is -0.407 e. The SMILES string of the molecule is CC(=O)OC1(O)CN(C)CCO1. The molecule has 1 saturated heterocycles. The smallest absolute Gasteiger partial charge is 0.340 e.